The van der Waals surface area contributed by atoms with Crippen LogP contribution in [-0.4, -0.2) is 14.7 Å². The van der Waals surface area contributed by atoms with E-state index in [4.69, 9.17) is 11.6 Å². The molecule has 1 aromatic carbocycles. The van der Waals surface area contributed by atoms with Crippen LogP contribution in [0.25, 0.3) is 0 Å². The molecule has 0 saturated heterocycles. The standard InChI is InChI=1S/C12H10BrClO2S2/c1-18(15,16)9-4-2-3-8(7-9)12(14)10-5-6-11(13)17-10/h2-7,12H,1H3. The Morgan fingerprint density at radius 1 is 1.28 bits per heavy atom. The molecular formula is C12H10BrClO2S2. The van der Waals surface area contributed by atoms with Crippen LogP contribution in [0.15, 0.2) is 45.1 Å². The minimum Gasteiger partial charge on any atom is -0.224 e. The Balaban J connectivity index is 2.40. The first kappa shape index (κ1) is 14.1. The monoisotopic (exact) mass is 364 g/mol. The summed E-state index contributed by atoms with van der Waals surface area (Å²) in [5, 5.41) is -0.331. The van der Waals surface area contributed by atoms with Crippen LogP contribution in [0, 0.1) is 0 Å². The minimum atomic E-state index is -3.20. The molecule has 0 bridgehead atoms. The molecule has 1 unspecified atom stereocenters. The number of hydrogen-bond acceptors (Lipinski definition) is 3. The number of rotatable bonds is 3. The molecule has 1 heterocycles. The SMILES string of the molecule is CS(=O)(=O)c1cccc(C(Cl)c2ccc(Br)s2)c1. The molecule has 0 spiro atoms. The first-order valence-electron chi connectivity index (χ1n) is 5.07. The summed E-state index contributed by atoms with van der Waals surface area (Å²) in [4.78, 5) is 1.27. The Morgan fingerprint density at radius 2 is 2.00 bits per heavy atom. The van der Waals surface area contributed by atoms with E-state index in [1.54, 1.807) is 18.2 Å². The van der Waals surface area contributed by atoms with Gasteiger partial charge in [-0.2, -0.15) is 0 Å². The summed E-state index contributed by atoms with van der Waals surface area (Å²) in [6, 6.07) is 10.6. The molecule has 0 fully saturated rings. The van der Waals surface area contributed by atoms with Crippen molar-refractivity contribution in [1.82, 2.24) is 0 Å². The number of thiophene rings is 1. The molecule has 96 valence electrons. The molecule has 6 heteroatoms. The van der Waals surface area contributed by atoms with Gasteiger partial charge in [-0.15, -0.1) is 22.9 Å². The van der Waals surface area contributed by atoms with E-state index in [1.165, 1.54) is 17.6 Å². The maximum absolute atomic E-state index is 11.5. The van der Waals surface area contributed by atoms with E-state index in [2.05, 4.69) is 15.9 Å². The van der Waals surface area contributed by atoms with Gasteiger partial charge in [0, 0.05) is 11.1 Å². The quantitative estimate of drug-likeness (QED) is 0.762. The Bertz CT molecular complexity index is 664. The predicted molar refractivity (Wildman–Crippen MR) is 79.3 cm³/mol. The van der Waals surface area contributed by atoms with Crippen LogP contribution in [0.5, 0.6) is 0 Å². The van der Waals surface area contributed by atoms with Crippen LogP contribution in [0.2, 0.25) is 0 Å². The molecule has 2 rings (SSSR count). The molecule has 0 saturated carbocycles. The van der Waals surface area contributed by atoms with Gasteiger partial charge in [0.25, 0.3) is 0 Å². The lowest BCUT2D eigenvalue weighted by Gasteiger charge is -2.09. The van der Waals surface area contributed by atoms with Crippen molar-refractivity contribution < 1.29 is 8.42 Å². The second-order valence-electron chi connectivity index (χ2n) is 3.85. The van der Waals surface area contributed by atoms with Crippen LogP contribution in [-0.2, 0) is 9.84 Å². The van der Waals surface area contributed by atoms with Crippen molar-refractivity contribution in [1.29, 1.82) is 0 Å². The molecule has 0 aliphatic heterocycles. The number of halogens is 2. The third kappa shape index (κ3) is 3.15. The Kier molecular flexibility index (Phi) is 4.16. The Hall–Kier alpha value is -0.360. The average Bonchev–Trinajstić information content (AvgIpc) is 2.74. The van der Waals surface area contributed by atoms with Crippen molar-refractivity contribution in [2.24, 2.45) is 0 Å². The van der Waals surface area contributed by atoms with E-state index in [0.717, 1.165) is 14.2 Å². The summed E-state index contributed by atoms with van der Waals surface area (Å²) in [5.41, 5.74) is 0.786. The predicted octanol–water partition coefficient (Wildman–Crippen LogP) is 4.24. The number of sulfone groups is 1. The number of hydrogen-bond donors (Lipinski definition) is 0. The fourth-order valence-electron chi connectivity index (χ4n) is 1.53. The maximum atomic E-state index is 11.5. The van der Waals surface area contributed by atoms with Crippen molar-refractivity contribution in [3.8, 4) is 0 Å². The highest BCUT2D eigenvalue weighted by Gasteiger charge is 2.15. The summed E-state index contributed by atoms with van der Waals surface area (Å²) >= 11 is 11.3. The van der Waals surface area contributed by atoms with Gasteiger partial charge in [-0.25, -0.2) is 8.42 Å². The van der Waals surface area contributed by atoms with Gasteiger partial charge in [-0.05, 0) is 45.8 Å². The molecule has 18 heavy (non-hydrogen) atoms. The summed E-state index contributed by atoms with van der Waals surface area (Å²) in [6.45, 7) is 0. The van der Waals surface area contributed by atoms with E-state index in [-0.39, 0.29) is 5.38 Å². The second kappa shape index (κ2) is 5.33. The summed E-state index contributed by atoms with van der Waals surface area (Å²) in [6.07, 6.45) is 1.19. The van der Waals surface area contributed by atoms with E-state index in [0.29, 0.717) is 4.90 Å². The van der Waals surface area contributed by atoms with Crippen molar-refractivity contribution in [3.63, 3.8) is 0 Å². The molecule has 2 aromatic rings. The molecule has 0 aliphatic carbocycles. The lowest BCUT2D eigenvalue weighted by molar-refractivity contribution is 0.602. The lowest BCUT2D eigenvalue weighted by Crippen LogP contribution is -1.99. The first-order chi connectivity index (χ1) is 8.38. The molecule has 2 nitrogen and oxygen atoms in total. The fourth-order valence-corrected chi connectivity index (χ4v) is 3.98. The maximum Gasteiger partial charge on any atom is 0.175 e. The Labute approximate surface area is 124 Å². The van der Waals surface area contributed by atoms with Gasteiger partial charge in [0.15, 0.2) is 9.84 Å². The third-order valence-electron chi connectivity index (χ3n) is 2.42. The zero-order valence-corrected chi connectivity index (χ0v) is 13.4. The number of benzene rings is 1. The highest BCUT2D eigenvalue weighted by Crippen LogP contribution is 2.36. The average molecular weight is 366 g/mol. The highest BCUT2D eigenvalue weighted by molar-refractivity contribution is 9.11. The topological polar surface area (TPSA) is 34.1 Å². The number of alkyl halides is 1. The summed E-state index contributed by atoms with van der Waals surface area (Å²) < 4.78 is 24.0. The van der Waals surface area contributed by atoms with Gasteiger partial charge in [-0.3, -0.25) is 0 Å². The van der Waals surface area contributed by atoms with Gasteiger partial charge in [0.1, 0.15) is 0 Å². The smallest absolute Gasteiger partial charge is 0.175 e. The van der Waals surface area contributed by atoms with E-state index < -0.39 is 9.84 Å². The molecule has 1 atom stereocenters. The normalized spacial score (nSPS) is 13.5. The minimum absolute atomic E-state index is 0.293. The van der Waals surface area contributed by atoms with E-state index in [1.807, 2.05) is 18.2 Å². The zero-order chi connectivity index (χ0) is 13.3. The molecule has 0 amide bonds. The molecule has 0 aliphatic rings. The van der Waals surface area contributed by atoms with E-state index in [9.17, 15) is 8.42 Å². The summed E-state index contributed by atoms with van der Waals surface area (Å²) in [5.74, 6) is 0. The highest BCUT2D eigenvalue weighted by atomic mass is 79.9. The van der Waals surface area contributed by atoms with Crippen LogP contribution < -0.4 is 0 Å². The van der Waals surface area contributed by atoms with Crippen molar-refractivity contribution >= 4 is 48.7 Å². The Morgan fingerprint density at radius 3 is 2.56 bits per heavy atom. The van der Waals surface area contributed by atoms with Crippen LogP contribution in [0.1, 0.15) is 15.8 Å². The van der Waals surface area contributed by atoms with Gasteiger partial charge in [0.05, 0.1) is 14.1 Å². The van der Waals surface area contributed by atoms with Crippen molar-refractivity contribution in [3.05, 3.63) is 50.6 Å². The van der Waals surface area contributed by atoms with E-state index >= 15 is 0 Å². The zero-order valence-electron chi connectivity index (χ0n) is 9.43. The third-order valence-corrected chi connectivity index (χ3v) is 5.84. The summed E-state index contributed by atoms with van der Waals surface area (Å²) in [7, 11) is -3.20. The van der Waals surface area contributed by atoms with Crippen molar-refractivity contribution in [2.45, 2.75) is 10.3 Å². The van der Waals surface area contributed by atoms with Crippen LogP contribution in [0.4, 0.5) is 0 Å². The van der Waals surface area contributed by atoms with Crippen molar-refractivity contribution in [2.75, 3.05) is 6.26 Å². The molecule has 0 radical (unpaired) electrons. The van der Waals surface area contributed by atoms with Gasteiger partial charge >= 0.3 is 0 Å². The fraction of sp³-hybridized carbons (Fsp3) is 0.167. The van der Waals surface area contributed by atoms with Gasteiger partial charge in [-0.1, -0.05) is 12.1 Å². The van der Waals surface area contributed by atoms with Gasteiger partial charge < -0.3 is 0 Å². The lowest BCUT2D eigenvalue weighted by atomic mass is 10.1. The molecule has 1 aromatic heterocycles. The second-order valence-corrected chi connectivity index (χ2v) is 8.80. The van der Waals surface area contributed by atoms with Gasteiger partial charge in [0.2, 0.25) is 0 Å². The first-order valence-corrected chi connectivity index (χ1v) is 9.01. The van der Waals surface area contributed by atoms with Crippen LogP contribution in [0.3, 0.4) is 0 Å². The van der Waals surface area contributed by atoms with Crippen LogP contribution >= 0.6 is 38.9 Å². The largest absolute Gasteiger partial charge is 0.224 e. The molecule has 0 N–H and O–H groups in total. The molecular weight excluding hydrogens is 356 g/mol.